The van der Waals surface area contributed by atoms with E-state index in [2.05, 4.69) is 43.9 Å². The van der Waals surface area contributed by atoms with Crippen molar-refractivity contribution in [3.63, 3.8) is 0 Å². The third-order valence-corrected chi connectivity index (χ3v) is 3.87. The summed E-state index contributed by atoms with van der Waals surface area (Å²) >= 11 is 0. The van der Waals surface area contributed by atoms with Gasteiger partial charge in [-0.1, -0.05) is 45.4 Å². The maximum Gasteiger partial charge on any atom is 0.0807 e. The van der Waals surface area contributed by atoms with Crippen LogP contribution in [0.1, 0.15) is 65.0 Å². The number of rotatable bonds is 8. The fraction of sp³-hybridized carbons (Fsp3) is 0.647. The van der Waals surface area contributed by atoms with Crippen LogP contribution in [-0.2, 0) is 0 Å². The van der Waals surface area contributed by atoms with Crippen molar-refractivity contribution >= 4 is 5.69 Å². The average Bonchev–Trinajstić information content (AvgIpc) is 2.46. The van der Waals surface area contributed by atoms with Crippen LogP contribution < -0.4 is 4.90 Å². The van der Waals surface area contributed by atoms with E-state index in [4.69, 9.17) is 0 Å². The maximum absolute atomic E-state index is 10.2. The Balaban J connectivity index is 3.06. The molecule has 0 fully saturated rings. The minimum absolute atomic E-state index is 0.357. The van der Waals surface area contributed by atoms with Crippen molar-refractivity contribution < 1.29 is 5.11 Å². The number of unbranched alkanes of at least 4 members (excludes halogenated alkanes) is 1. The van der Waals surface area contributed by atoms with Gasteiger partial charge in [-0.3, -0.25) is 0 Å². The zero-order valence-corrected chi connectivity index (χ0v) is 12.9. The molecule has 0 spiro atoms. The number of aliphatic hydroxyl groups excluding tert-OH is 1. The maximum atomic E-state index is 10.2. The first-order valence-electron chi connectivity index (χ1n) is 7.69. The Bertz CT molecular complexity index is 364. The monoisotopic (exact) mass is 263 g/mol. The Hall–Kier alpha value is -1.02. The summed E-state index contributed by atoms with van der Waals surface area (Å²) in [7, 11) is 0. The quantitative estimate of drug-likeness (QED) is 0.744. The number of para-hydroxylation sites is 1. The molecule has 0 heterocycles. The van der Waals surface area contributed by atoms with Gasteiger partial charge in [0.2, 0.25) is 0 Å². The van der Waals surface area contributed by atoms with Gasteiger partial charge in [0.25, 0.3) is 0 Å². The molecule has 0 radical (unpaired) electrons. The minimum atomic E-state index is -0.357. The van der Waals surface area contributed by atoms with Crippen LogP contribution in [0.15, 0.2) is 24.3 Å². The molecule has 19 heavy (non-hydrogen) atoms. The summed E-state index contributed by atoms with van der Waals surface area (Å²) in [6, 6.07) is 8.81. The number of aliphatic hydroxyl groups is 1. The summed E-state index contributed by atoms with van der Waals surface area (Å²) in [6.07, 6.45) is 3.93. The second kappa shape index (κ2) is 8.21. The lowest BCUT2D eigenvalue weighted by Gasteiger charge is -2.33. The highest BCUT2D eigenvalue weighted by molar-refractivity contribution is 5.55. The largest absolute Gasteiger partial charge is 0.388 e. The van der Waals surface area contributed by atoms with Crippen LogP contribution in [0.2, 0.25) is 0 Å². The van der Waals surface area contributed by atoms with Crippen molar-refractivity contribution in [3.05, 3.63) is 29.8 Å². The van der Waals surface area contributed by atoms with E-state index in [0.717, 1.165) is 24.9 Å². The molecule has 0 amide bonds. The van der Waals surface area contributed by atoms with E-state index in [1.807, 2.05) is 13.0 Å². The standard InChI is InChI=1S/C17H29NO/c1-5-8-13-18(14(4)6-2)16-12-10-9-11-15(16)17(19)7-3/h9-12,14,17,19H,5-8,13H2,1-4H3/t14?,17-/m1/s1. The summed E-state index contributed by atoms with van der Waals surface area (Å²) in [5, 5.41) is 10.2. The molecule has 2 atom stereocenters. The van der Waals surface area contributed by atoms with Gasteiger partial charge in [0.1, 0.15) is 0 Å². The van der Waals surface area contributed by atoms with E-state index in [1.165, 1.54) is 18.5 Å². The first-order chi connectivity index (χ1) is 9.15. The fourth-order valence-electron chi connectivity index (χ4n) is 2.38. The Morgan fingerprint density at radius 3 is 2.37 bits per heavy atom. The van der Waals surface area contributed by atoms with Gasteiger partial charge in [0.15, 0.2) is 0 Å². The molecule has 1 N–H and O–H groups in total. The third kappa shape index (κ3) is 4.24. The van der Waals surface area contributed by atoms with E-state index in [9.17, 15) is 5.11 Å². The second-order valence-electron chi connectivity index (χ2n) is 5.29. The highest BCUT2D eigenvalue weighted by atomic mass is 16.3. The molecule has 0 bridgehead atoms. The number of anilines is 1. The van der Waals surface area contributed by atoms with Crippen molar-refractivity contribution in [3.8, 4) is 0 Å². The van der Waals surface area contributed by atoms with Crippen molar-refractivity contribution in [1.82, 2.24) is 0 Å². The molecule has 0 saturated heterocycles. The van der Waals surface area contributed by atoms with Gasteiger partial charge < -0.3 is 10.0 Å². The zero-order valence-electron chi connectivity index (χ0n) is 12.9. The van der Waals surface area contributed by atoms with Crippen molar-refractivity contribution in [2.45, 2.75) is 65.5 Å². The molecule has 0 aliphatic carbocycles. The van der Waals surface area contributed by atoms with Crippen LogP contribution in [0, 0.1) is 0 Å². The van der Waals surface area contributed by atoms with Crippen LogP contribution >= 0.6 is 0 Å². The second-order valence-corrected chi connectivity index (χ2v) is 5.29. The smallest absolute Gasteiger partial charge is 0.0807 e. The normalized spacial score (nSPS) is 14.2. The molecule has 1 aromatic carbocycles. The Labute approximate surface area is 118 Å². The summed E-state index contributed by atoms with van der Waals surface area (Å²) in [6.45, 7) is 9.81. The lowest BCUT2D eigenvalue weighted by Crippen LogP contribution is -2.34. The number of benzene rings is 1. The molecule has 0 aliphatic rings. The van der Waals surface area contributed by atoms with E-state index in [1.54, 1.807) is 0 Å². The summed E-state index contributed by atoms with van der Waals surface area (Å²) < 4.78 is 0. The lowest BCUT2D eigenvalue weighted by molar-refractivity contribution is 0.174. The van der Waals surface area contributed by atoms with Gasteiger partial charge in [-0.2, -0.15) is 0 Å². The molecule has 0 saturated carbocycles. The molecule has 1 rings (SSSR count). The van der Waals surface area contributed by atoms with Crippen LogP contribution in [0.3, 0.4) is 0 Å². The van der Waals surface area contributed by atoms with Gasteiger partial charge in [-0.05, 0) is 32.3 Å². The summed E-state index contributed by atoms with van der Waals surface area (Å²) in [4.78, 5) is 2.46. The van der Waals surface area contributed by atoms with E-state index in [0.29, 0.717) is 6.04 Å². The molecule has 0 aromatic heterocycles. The first kappa shape index (κ1) is 16.0. The van der Waals surface area contributed by atoms with Gasteiger partial charge in [0.05, 0.1) is 6.10 Å². The Morgan fingerprint density at radius 2 is 1.79 bits per heavy atom. The molecule has 2 heteroatoms. The molecular weight excluding hydrogens is 234 g/mol. The molecule has 1 aromatic rings. The first-order valence-corrected chi connectivity index (χ1v) is 7.69. The predicted octanol–water partition coefficient (Wildman–Crippen LogP) is 4.54. The summed E-state index contributed by atoms with van der Waals surface area (Å²) in [5.74, 6) is 0. The number of nitrogens with zero attached hydrogens (tertiary/aromatic N) is 1. The molecule has 2 nitrogen and oxygen atoms in total. The SMILES string of the molecule is CCCCN(c1ccccc1[C@H](O)CC)C(C)CC. The van der Waals surface area contributed by atoms with Gasteiger partial charge in [0, 0.05) is 23.8 Å². The minimum Gasteiger partial charge on any atom is -0.388 e. The molecule has 1 unspecified atom stereocenters. The van der Waals surface area contributed by atoms with Gasteiger partial charge >= 0.3 is 0 Å². The Morgan fingerprint density at radius 1 is 1.11 bits per heavy atom. The van der Waals surface area contributed by atoms with Crippen molar-refractivity contribution in [1.29, 1.82) is 0 Å². The fourth-order valence-corrected chi connectivity index (χ4v) is 2.38. The van der Waals surface area contributed by atoms with Crippen molar-refractivity contribution in [2.75, 3.05) is 11.4 Å². The highest BCUT2D eigenvalue weighted by Crippen LogP contribution is 2.30. The highest BCUT2D eigenvalue weighted by Gasteiger charge is 2.18. The van der Waals surface area contributed by atoms with Crippen LogP contribution in [-0.4, -0.2) is 17.7 Å². The van der Waals surface area contributed by atoms with Gasteiger partial charge in [-0.25, -0.2) is 0 Å². The number of hydrogen-bond donors (Lipinski definition) is 1. The zero-order chi connectivity index (χ0) is 14.3. The average molecular weight is 263 g/mol. The third-order valence-electron chi connectivity index (χ3n) is 3.87. The number of hydrogen-bond acceptors (Lipinski definition) is 2. The van der Waals surface area contributed by atoms with E-state index in [-0.39, 0.29) is 6.10 Å². The Kier molecular flexibility index (Phi) is 6.93. The lowest BCUT2D eigenvalue weighted by atomic mass is 10.0. The van der Waals surface area contributed by atoms with E-state index >= 15 is 0 Å². The van der Waals surface area contributed by atoms with Crippen LogP contribution in [0.25, 0.3) is 0 Å². The molecular formula is C17H29NO. The van der Waals surface area contributed by atoms with E-state index < -0.39 is 0 Å². The van der Waals surface area contributed by atoms with Crippen LogP contribution in [0.4, 0.5) is 5.69 Å². The molecule has 0 aliphatic heterocycles. The molecule has 108 valence electrons. The predicted molar refractivity (Wildman–Crippen MR) is 83.7 cm³/mol. The summed E-state index contributed by atoms with van der Waals surface area (Å²) in [5.41, 5.74) is 2.28. The van der Waals surface area contributed by atoms with Gasteiger partial charge in [-0.15, -0.1) is 0 Å². The van der Waals surface area contributed by atoms with Crippen molar-refractivity contribution in [2.24, 2.45) is 0 Å². The topological polar surface area (TPSA) is 23.5 Å². The van der Waals surface area contributed by atoms with Crippen LogP contribution in [0.5, 0.6) is 0 Å².